The minimum absolute atomic E-state index is 0.0383. The Morgan fingerprint density at radius 1 is 1.11 bits per heavy atom. The predicted molar refractivity (Wildman–Crippen MR) is 136 cm³/mol. The predicted octanol–water partition coefficient (Wildman–Crippen LogP) is 5.55. The van der Waals surface area contributed by atoms with Gasteiger partial charge >= 0.3 is 5.97 Å². The first kappa shape index (κ1) is 23.3. The Morgan fingerprint density at radius 3 is 2.43 bits per heavy atom. The van der Waals surface area contributed by atoms with Gasteiger partial charge in [0.25, 0.3) is 5.56 Å². The molecule has 0 bridgehead atoms. The molecule has 3 atom stereocenters. The van der Waals surface area contributed by atoms with Crippen LogP contribution in [0.25, 0.3) is 22.6 Å². The van der Waals surface area contributed by atoms with E-state index in [0.717, 1.165) is 23.2 Å². The van der Waals surface area contributed by atoms with E-state index in [1.54, 1.807) is 0 Å². The number of aliphatic carboxylic acids is 1. The highest BCUT2D eigenvalue weighted by Gasteiger charge is 2.59. The summed E-state index contributed by atoms with van der Waals surface area (Å²) < 4.78 is 1.81. The average molecular weight is 473 g/mol. The lowest BCUT2D eigenvalue weighted by Gasteiger charge is -2.43. The summed E-state index contributed by atoms with van der Waals surface area (Å²) in [4.78, 5) is 30.0. The lowest BCUT2D eigenvalue weighted by atomic mass is 9.65. The third kappa shape index (κ3) is 3.48. The van der Waals surface area contributed by atoms with Crippen molar-refractivity contribution in [3.8, 4) is 22.6 Å². The van der Waals surface area contributed by atoms with E-state index in [-0.39, 0.29) is 17.6 Å². The molecule has 1 aliphatic carbocycles. The first-order chi connectivity index (χ1) is 16.5. The fourth-order valence-corrected chi connectivity index (χ4v) is 5.75. The topological polar surface area (TPSA) is 97.1 Å². The second kappa shape index (κ2) is 8.04. The van der Waals surface area contributed by atoms with Crippen LogP contribution >= 0.6 is 0 Å². The molecule has 2 aliphatic rings. The summed E-state index contributed by atoms with van der Waals surface area (Å²) in [6, 6.07) is 15.6. The van der Waals surface area contributed by atoms with Crippen molar-refractivity contribution in [2.24, 2.45) is 16.7 Å². The van der Waals surface area contributed by atoms with E-state index in [1.165, 1.54) is 5.56 Å². The third-order valence-corrected chi connectivity index (χ3v) is 8.58. The van der Waals surface area contributed by atoms with Crippen LogP contribution in [0.5, 0.6) is 0 Å². The number of carboxylic acids is 1. The molecule has 1 aliphatic heterocycles. The number of fused-ring (bicyclic) bond motifs is 3. The molecule has 0 amide bonds. The summed E-state index contributed by atoms with van der Waals surface area (Å²) in [5, 5.41) is 18.6. The Bertz CT molecular complexity index is 1360. The van der Waals surface area contributed by atoms with Crippen molar-refractivity contribution < 1.29 is 9.90 Å². The average Bonchev–Trinajstić information content (AvgIpc) is 3.08. The minimum Gasteiger partial charge on any atom is -0.481 e. The first-order valence-corrected chi connectivity index (χ1v) is 12.2. The van der Waals surface area contributed by atoms with Gasteiger partial charge in [-0.2, -0.15) is 10.1 Å². The van der Waals surface area contributed by atoms with Crippen LogP contribution in [-0.4, -0.2) is 25.8 Å². The zero-order valence-electron chi connectivity index (χ0n) is 20.9. The number of para-hydroxylation sites is 1. The maximum atomic E-state index is 13.2. The summed E-state index contributed by atoms with van der Waals surface area (Å²) >= 11 is 0. The van der Waals surface area contributed by atoms with Gasteiger partial charge in [-0.3, -0.25) is 9.59 Å². The van der Waals surface area contributed by atoms with Gasteiger partial charge in [0.1, 0.15) is 6.17 Å². The van der Waals surface area contributed by atoms with Crippen molar-refractivity contribution in [1.82, 2.24) is 14.8 Å². The number of hydrogen-bond donors (Lipinski definition) is 2. The largest absolute Gasteiger partial charge is 0.481 e. The lowest BCUT2D eigenvalue weighted by molar-refractivity contribution is -0.154. The molecular formula is C28H32N4O3. The quantitative estimate of drug-likeness (QED) is 0.517. The number of anilines is 1. The molecule has 3 aromatic rings. The van der Waals surface area contributed by atoms with Crippen molar-refractivity contribution >= 4 is 11.7 Å². The first-order valence-electron chi connectivity index (χ1n) is 12.2. The van der Waals surface area contributed by atoms with Crippen molar-refractivity contribution in [3.05, 3.63) is 64.4 Å². The number of carboxylic acid groups (broad SMARTS) is 1. The summed E-state index contributed by atoms with van der Waals surface area (Å²) in [5.74, 6) is 0.0802. The second-order valence-corrected chi connectivity index (χ2v) is 10.9. The number of carbonyl (C=O) groups is 1. The molecule has 2 N–H and O–H groups in total. The Hall–Kier alpha value is -3.48. The van der Waals surface area contributed by atoms with Crippen molar-refractivity contribution in [2.45, 2.75) is 59.5 Å². The minimum atomic E-state index is -0.863. The van der Waals surface area contributed by atoms with Crippen LogP contribution in [0.4, 0.5) is 5.69 Å². The zero-order valence-corrected chi connectivity index (χ0v) is 20.9. The fraction of sp³-hybridized carbons (Fsp3) is 0.429. The molecule has 0 radical (unpaired) electrons. The van der Waals surface area contributed by atoms with Crippen molar-refractivity contribution in [1.29, 1.82) is 0 Å². The van der Waals surface area contributed by atoms with Crippen LogP contribution in [-0.2, 0) is 4.79 Å². The molecule has 35 heavy (non-hydrogen) atoms. The number of hydrogen-bond acceptors (Lipinski definition) is 5. The van der Waals surface area contributed by atoms with E-state index < -0.39 is 16.8 Å². The molecule has 1 saturated carbocycles. The van der Waals surface area contributed by atoms with Gasteiger partial charge in [-0.15, -0.1) is 0 Å². The molecule has 2 heterocycles. The third-order valence-electron chi connectivity index (χ3n) is 8.58. The highest BCUT2D eigenvalue weighted by Crippen LogP contribution is 2.60. The smallest absolute Gasteiger partial charge is 0.309 e. The summed E-state index contributed by atoms with van der Waals surface area (Å²) in [6.45, 7) is 10.2. The van der Waals surface area contributed by atoms with Gasteiger partial charge in [0, 0.05) is 22.7 Å². The second-order valence-electron chi connectivity index (χ2n) is 10.9. The normalized spacial score (nSPS) is 24.5. The SMILES string of the molecule is CC(C)c1ccc(-c2nn3c(nc2=O)-c2ccccc2NC3C2CCC(C)(C(=O)O)C2(C)C)cc1. The Morgan fingerprint density at radius 2 is 1.80 bits per heavy atom. The van der Waals surface area contributed by atoms with E-state index in [9.17, 15) is 14.7 Å². The number of nitrogens with one attached hydrogen (secondary N) is 1. The molecule has 0 saturated heterocycles. The van der Waals surface area contributed by atoms with Crippen LogP contribution in [0, 0.1) is 16.7 Å². The van der Waals surface area contributed by atoms with E-state index >= 15 is 0 Å². The Kier molecular flexibility index (Phi) is 5.34. The summed E-state index contributed by atoms with van der Waals surface area (Å²) in [5.41, 5.74) is 2.14. The summed E-state index contributed by atoms with van der Waals surface area (Å²) in [6.07, 6.45) is 0.964. The molecule has 3 unspecified atom stereocenters. The number of rotatable bonds is 4. The van der Waals surface area contributed by atoms with Gasteiger partial charge in [0.05, 0.1) is 5.41 Å². The maximum absolute atomic E-state index is 13.2. The van der Waals surface area contributed by atoms with Gasteiger partial charge < -0.3 is 10.4 Å². The fourth-order valence-electron chi connectivity index (χ4n) is 5.75. The molecule has 1 aromatic heterocycles. The van der Waals surface area contributed by atoms with Gasteiger partial charge in [-0.25, -0.2) is 4.68 Å². The highest BCUT2D eigenvalue weighted by molar-refractivity contribution is 5.77. The molecule has 5 rings (SSSR count). The number of aromatic nitrogens is 3. The van der Waals surface area contributed by atoms with Crippen LogP contribution in [0.1, 0.15) is 65.1 Å². The molecule has 0 spiro atoms. The van der Waals surface area contributed by atoms with E-state index in [1.807, 2.05) is 74.0 Å². The van der Waals surface area contributed by atoms with Crippen molar-refractivity contribution in [3.63, 3.8) is 0 Å². The molecule has 2 aromatic carbocycles. The van der Waals surface area contributed by atoms with Crippen molar-refractivity contribution in [2.75, 3.05) is 5.32 Å². The molecule has 182 valence electrons. The molecule has 1 fully saturated rings. The zero-order chi connectivity index (χ0) is 25.1. The molecule has 7 heteroatoms. The van der Waals surface area contributed by atoms with E-state index in [2.05, 4.69) is 24.1 Å². The van der Waals surface area contributed by atoms with Crippen LogP contribution < -0.4 is 10.9 Å². The van der Waals surface area contributed by atoms with Gasteiger partial charge in [-0.05, 0) is 48.8 Å². The van der Waals surface area contributed by atoms with E-state index in [4.69, 9.17) is 5.10 Å². The molecular weight excluding hydrogens is 440 g/mol. The van der Waals surface area contributed by atoms with Gasteiger partial charge in [-0.1, -0.05) is 64.1 Å². The van der Waals surface area contributed by atoms with Crippen LogP contribution in [0.15, 0.2) is 53.3 Å². The van der Waals surface area contributed by atoms with Crippen LogP contribution in [0.3, 0.4) is 0 Å². The monoisotopic (exact) mass is 472 g/mol. The highest BCUT2D eigenvalue weighted by atomic mass is 16.4. The Labute approximate surface area is 205 Å². The summed E-state index contributed by atoms with van der Waals surface area (Å²) in [7, 11) is 0. The van der Waals surface area contributed by atoms with Gasteiger partial charge in [0.15, 0.2) is 11.5 Å². The number of benzene rings is 2. The van der Waals surface area contributed by atoms with Gasteiger partial charge in [0.2, 0.25) is 0 Å². The Balaban J connectivity index is 1.67. The standard InChI is InChI=1S/C28H32N4O3/c1-16(2)17-10-12-18(13-11-17)22-25(33)30-23-19-8-6-7-9-21(19)29-24(32(23)31-22)20-14-15-28(5,26(34)35)27(20,3)4/h6-13,16,20,24,29H,14-15H2,1-5H3,(H,34,35). The maximum Gasteiger partial charge on any atom is 0.309 e. The molecule has 7 nitrogen and oxygen atoms in total. The number of nitrogens with zero attached hydrogens (tertiary/aromatic N) is 3. The van der Waals surface area contributed by atoms with Crippen LogP contribution in [0.2, 0.25) is 0 Å². The van der Waals surface area contributed by atoms with E-state index in [0.29, 0.717) is 23.9 Å². The lowest BCUT2D eigenvalue weighted by Crippen LogP contribution is -2.45.